The van der Waals surface area contributed by atoms with Gasteiger partial charge in [0.1, 0.15) is 0 Å². The summed E-state index contributed by atoms with van der Waals surface area (Å²) < 4.78 is 0. The quantitative estimate of drug-likeness (QED) is 0.598. The minimum atomic E-state index is 0.656. The van der Waals surface area contributed by atoms with E-state index in [1.807, 2.05) is 0 Å². The molecule has 1 fully saturated rings. The van der Waals surface area contributed by atoms with Crippen LogP contribution in [0.1, 0.15) is 48.0 Å². The van der Waals surface area contributed by atoms with Crippen molar-refractivity contribution in [3.05, 3.63) is 0 Å². The second-order valence-corrected chi connectivity index (χ2v) is 5.20. The zero-order chi connectivity index (χ0) is 9.52. The second kappa shape index (κ2) is 3.05. The molecule has 0 amide bonds. The molecule has 0 aromatic carbocycles. The average molecular weight is 168 g/mol. The Bertz CT molecular complexity index is 159. The summed E-state index contributed by atoms with van der Waals surface area (Å²) in [4.78, 5) is 0. The van der Waals surface area contributed by atoms with Crippen LogP contribution in [0.3, 0.4) is 0 Å². The van der Waals surface area contributed by atoms with E-state index < -0.39 is 0 Å². The van der Waals surface area contributed by atoms with Crippen molar-refractivity contribution >= 4 is 0 Å². The van der Waals surface area contributed by atoms with Crippen molar-refractivity contribution in [3.63, 3.8) is 0 Å². The van der Waals surface area contributed by atoms with E-state index in [1.54, 1.807) is 0 Å². The van der Waals surface area contributed by atoms with Gasteiger partial charge in [-0.2, -0.15) is 0 Å². The van der Waals surface area contributed by atoms with Crippen LogP contribution in [0.25, 0.3) is 0 Å². The fraction of sp³-hybridized carbons (Fsp3) is 1.00. The van der Waals surface area contributed by atoms with Gasteiger partial charge in [0.15, 0.2) is 0 Å². The highest BCUT2D eigenvalue weighted by Crippen LogP contribution is 2.65. The Labute approximate surface area is 77.7 Å². The van der Waals surface area contributed by atoms with Gasteiger partial charge in [-0.15, -0.1) is 0 Å². The van der Waals surface area contributed by atoms with E-state index in [-0.39, 0.29) is 0 Å². The Morgan fingerprint density at radius 2 is 1.75 bits per heavy atom. The fourth-order valence-electron chi connectivity index (χ4n) is 3.13. The number of rotatable bonds is 3. The molecular formula is C12H24. The van der Waals surface area contributed by atoms with Crippen LogP contribution in [0.5, 0.6) is 0 Å². The molecule has 0 bridgehead atoms. The molecule has 1 rings (SSSR count). The average Bonchev–Trinajstić information content (AvgIpc) is 2.54. The lowest BCUT2D eigenvalue weighted by Crippen LogP contribution is -2.18. The highest BCUT2D eigenvalue weighted by Gasteiger charge is 2.59. The van der Waals surface area contributed by atoms with Crippen LogP contribution in [-0.4, -0.2) is 0 Å². The van der Waals surface area contributed by atoms with Crippen LogP contribution >= 0.6 is 0 Å². The lowest BCUT2D eigenvalue weighted by Gasteiger charge is -2.25. The van der Waals surface area contributed by atoms with Crippen LogP contribution in [0.15, 0.2) is 0 Å². The predicted octanol–water partition coefficient (Wildman–Crippen LogP) is 3.96. The Morgan fingerprint density at radius 3 is 2.00 bits per heavy atom. The van der Waals surface area contributed by atoms with Crippen molar-refractivity contribution in [2.75, 3.05) is 0 Å². The third kappa shape index (κ3) is 1.20. The minimum Gasteiger partial charge on any atom is -0.0651 e. The Kier molecular flexibility index (Phi) is 2.56. The molecule has 0 heterocycles. The van der Waals surface area contributed by atoms with Crippen molar-refractivity contribution in [2.45, 2.75) is 48.0 Å². The molecule has 0 saturated heterocycles. The second-order valence-electron chi connectivity index (χ2n) is 5.20. The lowest BCUT2D eigenvalue weighted by molar-refractivity contribution is 0.240. The summed E-state index contributed by atoms with van der Waals surface area (Å²) >= 11 is 0. The van der Waals surface area contributed by atoms with E-state index in [2.05, 4.69) is 41.5 Å². The maximum atomic E-state index is 2.48. The molecule has 0 aliphatic heterocycles. The molecule has 0 radical (unpaired) electrons. The molecular weight excluding hydrogens is 144 g/mol. The van der Waals surface area contributed by atoms with Crippen molar-refractivity contribution in [1.82, 2.24) is 0 Å². The van der Waals surface area contributed by atoms with E-state index in [9.17, 15) is 0 Å². The third-order valence-electron chi connectivity index (χ3n) is 4.70. The van der Waals surface area contributed by atoms with E-state index in [4.69, 9.17) is 0 Å². The molecule has 1 aliphatic rings. The molecule has 1 saturated carbocycles. The van der Waals surface area contributed by atoms with Crippen LogP contribution in [0.4, 0.5) is 0 Å². The van der Waals surface area contributed by atoms with Gasteiger partial charge in [0.25, 0.3) is 0 Å². The standard InChI is InChI=1S/C12H24/c1-7-11-10(5)12(11,6)9(4)8(2)3/h8-11H,7H2,1-6H3. The lowest BCUT2D eigenvalue weighted by atomic mass is 9.80. The highest BCUT2D eigenvalue weighted by atomic mass is 14.6. The molecule has 0 aromatic rings. The van der Waals surface area contributed by atoms with Crippen molar-refractivity contribution in [2.24, 2.45) is 29.1 Å². The van der Waals surface area contributed by atoms with Gasteiger partial charge in [0, 0.05) is 0 Å². The van der Waals surface area contributed by atoms with Gasteiger partial charge < -0.3 is 0 Å². The van der Waals surface area contributed by atoms with Crippen LogP contribution in [0.2, 0.25) is 0 Å². The molecule has 12 heavy (non-hydrogen) atoms. The van der Waals surface area contributed by atoms with E-state index in [1.165, 1.54) is 6.42 Å². The molecule has 0 aromatic heterocycles. The largest absolute Gasteiger partial charge is 0.0651 e. The zero-order valence-corrected chi connectivity index (χ0v) is 9.52. The van der Waals surface area contributed by atoms with Crippen molar-refractivity contribution < 1.29 is 0 Å². The SMILES string of the molecule is CCC1C(C)C1(C)C(C)C(C)C. The smallest absolute Gasteiger partial charge is 0.0238 e. The fourth-order valence-corrected chi connectivity index (χ4v) is 3.13. The molecule has 4 unspecified atom stereocenters. The van der Waals surface area contributed by atoms with Gasteiger partial charge in [-0.05, 0) is 29.1 Å². The topological polar surface area (TPSA) is 0 Å². The van der Waals surface area contributed by atoms with Gasteiger partial charge in [-0.3, -0.25) is 0 Å². The first-order chi connectivity index (χ1) is 5.46. The van der Waals surface area contributed by atoms with Gasteiger partial charge in [0.05, 0.1) is 0 Å². The molecule has 0 spiro atoms. The normalized spacial score (nSPS) is 43.2. The summed E-state index contributed by atoms with van der Waals surface area (Å²) in [5.74, 6) is 3.68. The summed E-state index contributed by atoms with van der Waals surface area (Å²) in [5.41, 5.74) is 0.656. The van der Waals surface area contributed by atoms with Gasteiger partial charge in [-0.25, -0.2) is 0 Å². The van der Waals surface area contributed by atoms with E-state index >= 15 is 0 Å². The zero-order valence-electron chi connectivity index (χ0n) is 9.52. The summed E-state index contributed by atoms with van der Waals surface area (Å²) in [7, 11) is 0. The molecule has 4 atom stereocenters. The number of hydrogen-bond donors (Lipinski definition) is 0. The number of hydrogen-bond acceptors (Lipinski definition) is 0. The summed E-state index contributed by atoms with van der Waals surface area (Å²) in [6.07, 6.45) is 1.37. The maximum absolute atomic E-state index is 2.48. The van der Waals surface area contributed by atoms with Crippen LogP contribution in [0, 0.1) is 29.1 Å². The molecule has 72 valence electrons. The van der Waals surface area contributed by atoms with Crippen LogP contribution < -0.4 is 0 Å². The minimum absolute atomic E-state index is 0.656. The predicted molar refractivity (Wildman–Crippen MR) is 55.1 cm³/mol. The first-order valence-corrected chi connectivity index (χ1v) is 5.46. The van der Waals surface area contributed by atoms with Crippen molar-refractivity contribution in [1.29, 1.82) is 0 Å². The molecule has 0 heteroatoms. The van der Waals surface area contributed by atoms with Crippen molar-refractivity contribution in [3.8, 4) is 0 Å². The Balaban J connectivity index is 2.63. The third-order valence-corrected chi connectivity index (χ3v) is 4.70. The highest BCUT2D eigenvalue weighted by molar-refractivity contribution is 5.07. The monoisotopic (exact) mass is 168 g/mol. The maximum Gasteiger partial charge on any atom is -0.0238 e. The molecule has 1 aliphatic carbocycles. The Hall–Kier alpha value is 0. The van der Waals surface area contributed by atoms with E-state index in [0.29, 0.717) is 5.41 Å². The first-order valence-electron chi connectivity index (χ1n) is 5.46. The summed E-state index contributed by atoms with van der Waals surface area (Å²) in [5, 5.41) is 0. The van der Waals surface area contributed by atoms with Gasteiger partial charge >= 0.3 is 0 Å². The molecule has 0 nitrogen and oxygen atoms in total. The van der Waals surface area contributed by atoms with E-state index in [0.717, 1.165) is 23.7 Å². The van der Waals surface area contributed by atoms with Gasteiger partial charge in [-0.1, -0.05) is 48.0 Å². The summed E-state index contributed by atoms with van der Waals surface area (Å²) in [6.45, 7) is 14.4. The van der Waals surface area contributed by atoms with Crippen LogP contribution in [-0.2, 0) is 0 Å². The first kappa shape index (κ1) is 10.1. The summed E-state index contributed by atoms with van der Waals surface area (Å²) in [6, 6.07) is 0. The molecule has 0 N–H and O–H groups in total. The van der Waals surface area contributed by atoms with Gasteiger partial charge in [0.2, 0.25) is 0 Å². The Morgan fingerprint density at radius 1 is 1.25 bits per heavy atom.